The topological polar surface area (TPSA) is 3.24 Å². The summed E-state index contributed by atoms with van der Waals surface area (Å²) in [5, 5.41) is 0. The van der Waals surface area contributed by atoms with E-state index in [2.05, 4.69) is 18.7 Å². The maximum atomic E-state index is 13.8. The average molecular weight is 274 g/mol. The zero-order chi connectivity index (χ0) is 12.2. The lowest BCUT2D eigenvalue weighted by atomic mass is 9.94. The second-order valence-electron chi connectivity index (χ2n) is 5.70. The van der Waals surface area contributed by atoms with Crippen LogP contribution in [0.15, 0.2) is 18.2 Å². The van der Waals surface area contributed by atoms with Gasteiger partial charge in [-0.05, 0) is 37.8 Å². The van der Waals surface area contributed by atoms with Gasteiger partial charge < -0.3 is 0 Å². The number of nitrogens with zero attached hydrogens (tertiary/aromatic N) is 1. The molecule has 1 aromatic rings. The Bertz CT molecular complexity index is 463. The quantitative estimate of drug-likeness (QED) is 0.799. The van der Waals surface area contributed by atoms with E-state index in [-0.39, 0.29) is 23.6 Å². The lowest BCUT2D eigenvalue weighted by Gasteiger charge is -2.24. The molecule has 3 rings (SSSR count). The van der Waals surface area contributed by atoms with Crippen molar-refractivity contribution in [3.63, 3.8) is 0 Å². The Kier molecular flexibility index (Phi) is 3.41. The van der Waals surface area contributed by atoms with Gasteiger partial charge in [0.25, 0.3) is 0 Å². The molecular formula is C14H18ClF2N. The number of likely N-dealkylation sites (tertiary alicyclic amines) is 1. The van der Waals surface area contributed by atoms with Gasteiger partial charge in [-0.2, -0.15) is 0 Å². The van der Waals surface area contributed by atoms with E-state index in [1.807, 2.05) is 0 Å². The second kappa shape index (κ2) is 4.46. The van der Waals surface area contributed by atoms with Gasteiger partial charge in [0, 0.05) is 30.6 Å². The van der Waals surface area contributed by atoms with Gasteiger partial charge in [-0.25, -0.2) is 8.78 Å². The first-order chi connectivity index (χ1) is 8.03. The summed E-state index contributed by atoms with van der Waals surface area (Å²) in [6, 6.07) is 4.52. The Morgan fingerprint density at radius 1 is 1.33 bits per heavy atom. The lowest BCUT2D eigenvalue weighted by molar-refractivity contribution is 0.242. The molecule has 1 heterocycles. The van der Waals surface area contributed by atoms with Gasteiger partial charge in [0.2, 0.25) is 0 Å². The third-order valence-corrected chi connectivity index (χ3v) is 4.37. The van der Waals surface area contributed by atoms with Crippen molar-refractivity contribution in [2.24, 2.45) is 5.92 Å². The third kappa shape index (κ3) is 1.94. The molecule has 1 aromatic carbocycles. The monoisotopic (exact) mass is 273 g/mol. The normalized spacial score (nSPS) is 30.2. The zero-order valence-electron chi connectivity index (χ0n) is 10.6. The molecule has 0 radical (unpaired) electrons. The van der Waals surface area contributed by atoms with E-state index in [1.54, 1.807) is 6.07 Å². The molecule has 0 spiro atoms. The maximum Gasteiger partial charge on any atom is 0.129 e. The summed E-state index contributed by atoms with van der Waals surface area (Å²) in [5.41, 5.74) is 0.689. The minimum absolute atomic E-state index is 0. The third-order valence-electron chi connectivity index (χ3n) is 4.37. The van der Waals surface area contributed by atoms with Crippen LogP contribution >= 0.6 is 12.4 Å². The van der Waals surface area contributed by atoms with Gasteiger partial charge in [-0.1, -0.05) is 6.07 Å². The van der Waals surface area contributed by atoms with Gasteiger partial charge in [0.1, 0.15) is 11.6 Å². The second-order valence-corrected chi connectivity index (χ2v) is 5.70. The molecule has 1 saturated carbocycles. The molecule has 18 heavy (non-hydrogen) atoms. The number of hydrogen-bond donors (Lipinski definition) is 0. The summed E-state index contributed by atoms with van der Waals surface area (Å²) in [6.45, 7) is 6.30. The Balaban J connectivity index is 0.00000120. The van der Waals surface area contributed by atoms with Crippen LogP contribution in [0.5, 0.6) is 0 Å². The number of fused-ring (bicyclic) bond motifs is 1. The smallest absolute Gasteiger partial charge is 0.129 e. The molecule has 2 fully saturated rings. The number of piperidine rings is 1. The zero-order valence-corrected chi connectivity index (χ0v) is 11.4. The Labute approximate surface area is 113 Å². The number of hydrogen-bond acceptors (Lipinski definition) is 1. The number of benzene rings is 1. The first-order valence-electron chi connectivity index (χ1n) is 6.22. The predicted molar refractivity (Wildman–Crippen MR) is 70.1 cm³/mol. The summed E-state index contributed by atoms with van der Waals surface area (Å²) in [6.07, 6.45) is 1.05. The predicted octanol–water partition coefficient (Wildman–Crippen LogP) is 3.37. The summed E-state index contributed by atoms with van der Waals surface area (Å²) >= 11 is 0. The molecular weight excluding hydrogens is 256 g/mol. The molecule has 0 aromatic heterocycles. The number of halogens is 3. The highest BCUT2D eigenvalue weighted by molar-refractivity contribution is 5.85. The van der Waals surface area contributed by atoms with Crippen molar-refractivity contribution in [1.29, 1.82) is 0 Å². The molecule has 100 valence electrons. The van der Waals surface area contributed by atoms with Crippen LogP contribution in [-0.4, -0.2) is 24.0 Å². The van der Waals surface area contributed by atoms with Crippen molar-refractivity contribution < 1.29 is 8.78 Å². The van der Waals surface area contributed by atoms with Crippen molar-refractivity contribution in [3.8, 4) is 0 Å². The maximum absolute atomic E-state index is 13.8. The van der Waals surface area contributed by atoms with E-state index >= 15 is 0 Å². The van der Waals surface area contributed by atoms with Gasteiger partial charge in [-0.15, -0.1) is 12.4 Å². The summed E-state index contributed by atoms with van der Waals surface area (Å²) in [7, 11) is 0. The van der Waals surface area contributed by atoms with Crippen LogP contribution in [0, 0.1) is 17.6 Å². The minimum atomic E-state index is -0.487. The molecule has 1 aliphatic carbocycles. The Morgan fingerprint density at radius 2 is 2.06 bits per heavy atom. The van der Waals surface area contributed by atoms with E-state index < -0.39 is 5.82 Å². The van der Waals surface area contributed by atoms with E-state index in [0.29, 0.717) is 17.5 Å². The largest absolute Gasteiger partial charge is 0.300 e. The van der Waals surface area contributed by atoms with Crippen LogP contribution < -0.4 is 0 Å². The van der Waals surface area contributed by atoms with Crippen molar-refractivity contribution in [2.75, 3.05) is 13.1 Å². The molecule has 2 unspecified atom stereocenters. The minimum Gasteiger partial charge on any atom is -0.300 e. The van der Waals surface area contributed by atoms with Gasteiger partial charge in [0.15, 0.2) is 0 Å². The fourth-order valence-corrected chi connectivity index (χ4v) is 3.23. The molecule has 1 nitrogen and oxygen atoms in total. The van der Waals surface area contributed by atoms with Crippen molar-refractivity contribution in [2.45, 2.75) is 31.7 Å². The fraction of sp³-hybridized carbons (Fsp3) is 0.571. The average Bonchev–Trinajstić information content (AvgIpc) is 2.80. The molecule has 2 atom stereocenters. The van der Waals surface area contributed by atoms with E-state index in [9.17, 15) is 8.78 Å². The van der Waals surface area contributed by atoms with Crippen LogP contribution in [0.1, 0.15) is 25.8 Å². The van der Waals surface area contributed by atoms with Crippen LogP contribution in [-0.2, 0) is 5.41 Å². The van der Waals surface area contributed by atoms with Gasteiger partial charge in [-0.3, -0.25) is 4.90 Å². The van der Waals surface area contributed by atoms with E-state index in [4.69, 9.17) is 0 Å². The number of rotatable bonds is 2. The van der Waals surface area contributed by atoms with Crippen molar-refractivity contribution >= 4 is 12.4 Å². The molecule has 0 N–H and O–H groups in total. The first-order valence-corrected chi connectivity index (χ1v) is 6.22. The molecule has 2 aliphatic rings. The van der Waals surface area contributed by atoms with Crippen LogP contribution in [0.4, 0.5) is 8.78 Å². The standard InChI is InChI=1S/C14H17F2N.ClH/c1-9(2)17-7-10-6-14(10,8-17)12-4-3-11(15)5-13(12)16;/h3-5,9-10H,6-8H2,1-2H3;1H. The van der Waals surface area contributed by atoms with Crippen LogP contribution in [0.3, 0.4) is 0 Å². The highest BCUT2D eigenvalue weighted by Gasteiger charge is 2.61. The van der Waals surface area contributed by atoms with Crippen molar-refractivity contribution in [1.82, 2.24) is 4.90 Å². The Morgan fingerprint density at radius 3 is 2.61 bits per heavy atom. The van der Waals surface area contributed by atoms with Crippen LogP contribution in [0.2, 0.25) is 0 Å². The van der Waals surface area contributed by atoms with Crippen molar-refractivity contribution in [3.05, 3.63) is 35.4 Å². The fourth-order valence-electron chi connectivity index (χ4n) is 3.23. The van der Waals surface area contributed by atoms with E-state index in [1.165, 1.54) is 6.07 Å². The molecule has 1 saturated heterocycles. The van der Waals surface area contributed by atoms with Crippen LogP contribution in [0.25, 0.3) is 0 Å². The first kappa shape index (κ1) is 13.8. The Hall–Kier alpha value is -0.670. The van der Waals surface area contributed by atoms with Gasteiger partial charge >= 0.3 is 0 Å². The highest BCUT2D eigenvalue weighted by Crippen LogP contribution is 2.59. The SMILES string of the molecule is CC(C)N1CC2CC2(c2ccc(F)cc2F)C1.Cl. The molecule has 0 amide bonds. The van der Waals surface area contributed by atoms with Gasteiger partial charge in [0.05, 0.1) is 0 Å². The highest BCUT2D eigenvalue weighted by atomic mass is 35.5. The molecule has 1 aliphatic heterocycles. The summed E-state index contributed by atoms with van der Waals surface area (Å²) < 4.78 is 26.8. The molecule has 0 bridgehead atoms. The van der Waals surface area contributed by atoms with E-state index in [0.717, 1.165) is 25.6 Å². The lowest BCUT2D eigenvalue weighted by Crippen LogP contribution is -2.32. The summed E-state index contributed by atoms with van der Waals surface area (Å²) in [4.78, 5) is 2.39. The summed E-state index contributed by atoms with van der Waals surface area (Å²) in [5.74, 6) is -0.304. The molecule has 4 heteroatoms.